The van der Waals surface area contributed by atoms with Crippen molar-refractivity contribution in [2.75, 3.05) is 17.2 Å². The molecule has 8 nitrogen and oxygen atoms in total. The van der Waals surface area contributed by atoms with Crippen LogP contribution in [0.1, 0.15) is 61.8 Å². The molecule has 1 aliphatic rings. The van der Waals surface area contributed by atoms with Gasteiger partial charge in [0.25, 0.3) is 11.6 Å². The summed E-state index contributed by atoms with van der Waals surface area (Å²) < 4.78 is 0. The molecule has 0 fully saturated rings. The van der Waals surface area contributed by atoms with Crippen LogP contribution in [0.5, 0.6) is 0 Å². The highest BCUT2D eigenvalue weighted by molar-refractivity contribution is 7.17. The van der Waals surface area contributed by atoms with Gasteiger partial charge in [-0.05, 0) is 42.2 Å². The number of nitro benzene ring substituents is 1. The molecule has 178 valence electrons. The monoisotopic (exact) mass is 472 g/mol. The number of rotatable bonds is 7. The van der Waals surface area contributed by atoms with E-state index >= 15 is 0 Å². The third kappa shape index (κ3) is 6.17. The Morgan fingerprint density at radius 3 is 2.61 bits per heavy atom. The van der Waals surface area contributed by atoms with Gasteiger partial charge < -0.3 is 16.0 Å². The summed E-state index contributed by atoms with van der Waals surface area (Å²) in [5.74, 6) is -0.0871. The number of fused-ring (bicyclic) bond motifs is 1. The van der Waals surface area contributed by atoms with Gasteiger partial charge in [-0.25, -0.2) is 0 Å². The minimum atomic E-state index is -0.498. The van der Waals surface area contributed by atoms with Crippen LogP contribution in [0.25, 0.3) is 0 Å². The zero-order valence-corrected chi connectivity index (χ0v) is 20.6. The summed E-state index contributed by atoms with van der Waals surface area (Å²) in [7, 11) is 0. The number of amides is 2. The largest absolute Gasteiger partial charge is 0.322 e. The summed E-state index contributed by atoms with van der Waals surface area (Å²) in [6, 6.07) is 6.02. The molecule has 9 heteroatoms. The van der Waals surface area contributed by atoms with Gasteiger partial charge in [-0.15, -0.1) is 11.3 Å². The number of nitrogens with one attached hydrogen (secondary N) is 3. The average molecular weight is 473 g/mol. The van der Waals surface area contributed by atoms with Gasteiger partial charge in [-0.2, -0.15) is 0 Å². The number of nitro groups is 1. The van der Waals surface area contributed by atoms with Gasteiger partial charge in [-0.3, -0.25) is 19.7 Å². The number of carbonyl (C=O) groups excluding carboxylic acids is 2. The molecule has 0 unspecified atom stereocenters. The van der Waals surface area contributed by atoms with E-state index in [2.05, 4.69) is 36.7 Å². The van der Waals surface area contributed by atoms with Gasteiger partial charge in [0.05, 0.1) is 17.0 Å². The molecule has 1 heterocycles. The Labute approximate surface area is 198 Å². The molecular weight excluding hydrogens is 440 g/mol. The molecule has 0 saturated carbocycles. The molecule has 1 aliphatic carbocycles. The summed E-state index contributed by atoms with van der Waals surface area (Å²) >= 11 is 1.46. The molecule has 3 rings (SSSR count). The Morgan fingerprint density at radius 2 is 1.97 bits per heavy atom. The first-order valence-electron chi connectivity index (χ1n) is 11.2. The second-order valence-electron chi connectivity index (χ2n) is 9.86. The molecule has 2 aromatic rings. The maximum absolute atomic E-state index is 13.3. The van der Waals surface area contributed by atoms with Crippen LogP contribution in [0.15, 0.2) is 24.3 Å². The molecule has 0 spiro atoms. The Morgan fingerprint density at radius 1 is 1.24 bits per heavy atom. The molecular formula is C24H32N4O4S. The first kappa shape index (κ1) is 24.9. The molecule has 1 aromatic heterocycles. The lowest BCUT2D eigenvalue weighted by molar-refractivity contribution is -0.384. The van der Waals surface area contributed by atoms with Crippen LogP contribution in [0.3, 0.4) is 0 Å². The predicted octanol–water partition coefficient (Wildman–Crippen LogP) is 5.00. The maximum Gasteiger partial charge on any atom is 0.271 e. The number of thiophene rings is 1. The fourth-order valence-electron chi connectivity index (χ4n) is 4.01. The van der Waals surface area contributed by atoms with Crippen LogP contribution >= 0.6 is 11.3 Å². The van der Waals surface area contributed by atoms with Crippen molar-refractivity contribution in [3.63, 3.8) is 0 Å². The van der Waals surface area contributed by atoms with Crippen LogP contribution < -0.4 is 16.0 Å². The lowest BCUT2D eigenvalue weighted by atomic mass is 9.72. The smallest absolute Gasteiger partial charge is 0.271 e. The second-order valence-corrected chi connectivity index (χ2v) is 11.0. The van der Waals surface area contributed by atoms with Crippen molar-refractivity contribution >= 4 is 39.5 Å². The van der Waals surface area contributed by atoms with Gasteiger partial charge in [0.15, 0.2) is 0 Å². The summed E-state index contributed by atoms with van der Waals surface area (Å²) in [6.45, 7) is 10.8. The van der Waals surface area contributed by atoms with Crippen molar-refractivity contribution in [2.24, 2.45) is 11.3 Å². The molecule has 0 radical (unpaired) electrons. The fourth-order valence-corrected chi connectivity index (χ4v) is 5.35. The van der Waals surface area contributed by atoms with E-state index in [1.54, 1.807) is 6.07 Å². The number of benzene rings is 1. The summed E-state index contributed by atoms with van der Waals surface area (Å²) in [4.78, 5) is 37.6. The van der Waals surface area contributed by atoms with E-state index in [1.165, 1.54) is 29.5 Å². The zero-order valence-electron chi connectivity index (χ0n) is 19.8. The third-order valence-corrected chi connectivity index (χ3v) is 7.13. The van der Waals surface area contributed by atoms with Crippen molar-refractivity contribution in [1.82, 2.24) is 5.32 Å². The van der Waals surface area contributed by atoms with Crippen LogP contribution in [-0.4, -0.2) is 29.3 Å². The van der Waals surface area contributed by atoms with Crippen LogP contribution in [0.2, 0.25) is 0 Å². The van der Waals surface area contributed by atoms with Crippen LogP contribution in [-0.2, 0) is 17.6 Å². The summed E-state index contributed by atoms with van der Waals surface area (Å²) in [6.07, 6.45) is 2.58. The van der Waals surface area contributed by atoms with E-state index in [9.17, 15) is 19.7 Å². The summed E-state index contributed by atoms with van der Waals surface area (Å²) in [5, 5.41) is 20.4. The Kier molecular flexibility index (Phi) is 7.54. The standard InChI is InChI=1S/C24H32N4O4S/c1-14(2)25-13-20(29)27-23-21(18-10-9-15(24(3,4)5)11-19(18)33-23)22(30)26-16-7-6-8-17(12-16)28(31)32/h6-8,12,14-15,25H,9-11,13H2,1-5H3,(H,26,30)(H,27,29)/t15-/m1/s1. The normalized spacial score (nSPS) is 15.8. The van der Waals surface area contributed by atoms with Crippen molar-refractivity contribution < 1.29 is 14.5 Å². The summed E-state index contributed by atoms with van der Waals surface area (Å²) in [5.41, 5.74) is 1.83. The van der Waals surface area contributed by atoms with Crippen LogP contribution in [0, 0.1) is 21.4 Å². The van der Waals surface area contributed by atoms with Gasteiger partial charge in [-0.1, -0.05) is 40.7 Å². The Hall–Kier alpha value is -2.78. The fraction of sp³-hybridized carbons (Fsp3) is 0.500. The van der Waals surface area contributed by atoms with E-state index in [1.807, 2.05) is 13.8 Å². The predicted molar refractivity (Wildman–Crippen MR) is 132 cm³/mol. The third-order valence-electron chi connectivity index (χ3n) is 5.96. The van der Waals surface area contributed by atoms with Crippen molar-refractivity contribution in [1.29, 1.82) is 0 Å². The molecule has 1 aromatic carbocycles. The van der Waals surface area contributed by atoms with Crippen molar-refractivity contribution in [2.45, 2.75) is 59.9 Å². The number of anilines is 2. The maximum atomic E-state index is 13.3. The topological polar surface area (TPSA) is 113 Å². The first-order valence-corrected chi connectivity index (χ1v) is 12.0. The lowest BCUT2D eigenvalue weighted by Gasteiger charge is -2.33. The van der Waals surface area contributed by atoms with E-state index < -0.39 is 4.92 Å². The van der Waals surface area contributed by atoms with E-state index in [4.69, 9.17) is 0 Å². The number of non-ortho nitro benzene ring substituents is 1. The molecule has 1 atom stereocenters. The van der Waals surface area contributed by atoms with Gasteiger partial charge in [0, 0.05) is 28.7 Å². The molecule has 0 bridgehead atoms. The number of hydrogen-bond acceptors (Lipinski definition) is 6. The molecule has 0 aliphatic heterocycles. The average Bonchev–Trinajstić information content (AvgIpc) is 3.08. The minimum absolute atomic E-state index is 0.0959. The number of hydrogen-bond donors (Lipinski definition) is 3. The van der Waals surface area contributed by atoms with Crippen molar-refractivity contribution in [3.05, 3.63) is 50.4 Å². The highest BCUT2D eigenvalue weighted by Gasteiger charge is 2.34. The lowest BCUT2D eigenvalue weighted by Crippen LogP contribution is -2.32. The highest BCUT2D eigenvalue weighted by Crippen LogP contribution is 2.44. The molecule has 2 amide bonds. The molecule has 3 N–H and O–H groups in total. The van der Waals surface area contributed by atoms with Gasteiger partial charge in [0.1, 0.15) is 5.00 Å². The number of carbonyl (C=O) groups is 2. The number of nitrogens with zero attached hydrogens (tertiary/aromatic N) is 1. The Balaban J connectivity index is 1.91. The Bertz CT molecular complexity index is 1060. The molecule has 0 saturated heterocycles. The van der Waals surface area contributed by atoms with Crippen LogP contribution in [0.4, 0.5) is 16.4 Å². The molecule has 33 heavy (non-hydrogen) atoms. The first-order chi connectivity index (χ1) is 15.5. The second kappa shape index (κ2) is 10.0. The van der Waals surface area contributed by atoms with Gasteiger partial charge >= 0.3 is 0 Å². The van der Waals surface area contributed by atoms with Crippen molar-refractivity contribution in [3.8, 4) is 0 Å². The van der Waals surface area contributed by atoms with E-state index in [0.717, 1.165) is 29.7 Å². The highest BCUT2D eigenvalue weighted by atomic mass is 32.1. The minimum Gasteiger partial charge on any atom is -0.322 e. The zero-order chi connectivity index (χ0) is 24.3. The van der Waals surface area contributed by atoms with Gasteiger partial charge in [0.2, 0.25) is 5.91 Å². The SMILES string of the molecule is CC(C)NCC(=O)Nc1sc2c(c1C(=O)Nc1cccc([N+](=O)[O-])c1)CC[C@@H](C(C)(C)C)C2. The van der Waals surface area contributed by atoms with E-state index in [-0.39, 0.29) is 35.5 Å². The quantitative estimate of drug-likeness (QED) is 0.388. The van der Waals surface area contributed by atoms with E-state index in [0.29, 0.717) is 22.2 Å².